The van der Waals surface area contributed by atoms with Crippen LogP contribution in [-0.2, 0) is 17.9 Å². The molecule has 0 aliphatic carbocycles. The molecule has 29 heavy (non-hydrogen) atoms. The number of ether oxygens (including phenoxy) is 1. The minimum atomic E-state index is -0.231. The molecule has 3 rings (SSSR count). The Balaban J connectivity index is 1.62. The number of allylic oxidation sites excluding steroid dienone is 1. The van der Waals surface area contributed by atoms with Crippen molar-refractivity contribution in [3.8, 4) is 5.75 Å². The predicted molar refractivity (Wildman–Crippen MR) is 115 cm³/mol. The van der Waals surface area contributed by atoms with Crippen LogP contribution >= 0.6 is 15.9 Å². The number of halogens is 1. The Labute approximate surface area is 177 Å². The van der Waals surface area contributed by atoms with Crippen molar-refractivity contribution in [2.24, 2.45) is 0 Å². The van der Waals surface area contributed by atoms with Crippen LogP contribution < -0.4 is 15.4 Å². The van der Waals surface area contributed by atoms with Crippen molar-refractivity contribution in [3.05, 3.63) is 70.7 Å². The van der Waals surface area contributed by atoms with Gasteiger partial charge in [-0.15, -0.1) is 6.58 Å². The van der Waals surface area contributed by atoms with E-state index in [9.17, 15) is 4.79 Å². The van der Waals surface area contributed by atoms with E-state index in [0.29, 0.717) is 24.8 Å². The van der Waals surface area contributed by atoms with Gasteiger partial charge in [-0.1, -0.05) is 44.8 Å². The highest BCUT2D eigenvalue weighted by Gasteiger charge is 2.10. The summed E-state index contributed by atoms with van der Waals surface area (Å²) in [6.07, 6.45) is 1.71. The molecule has 0 aliphatic heterocycles. The number of amides is 1. The highest BCUT2D eigenvalue weighted by molar-refractivity contribution is 9.10. The van der Waals surface area contributed by atoms with Crippen LogP contribution in [0.1, 0.15) is 11.1 Å². The van der Waals surface area contributed by atoms with Gasteiger partial charge in [-0.3, -0.25) is 4.79 Å². The lowest BCUT2D eigenvalue weighted by Gasteiger charge is -2.13. The second kappa shape index (κ2) is 9.83. The molecule has 0 saturated carbocycles. The molecule has 1 aromatic heterocycles. The number of hydrogen-bond donors (Lipinski definition) is 2. The summed E-state index contributed by atoms with van der Waals surface area (Å²) in [5.74, 6) is 0.890. The summed E-state index contributed by atoms with van der Waals surface area (Å²) in [7, 11) is 0. The SMILES string of the molecule is C=CCn1nnnc1NCc1cc(Br)ccc1OCC(=O)Nc1ccc(C)cc1. The lowest BCUT2D eigenvalue weighted by Crippen LogP contribution is -2.20. The Bertz CT molecular complexity index is 987. The molecule has 3 aromatic rings. The van der Waals surface area contributed by atoms with Crippen molar-refractivity contribution in [2.75, 3.05) is 17.2 Å². The molecule has 1 amide bonds. The lowest BCUT2D eigenvalue weighted by molar-refractivity contribution is -0.118. The van der Waals surface area contributed by atoms with Crippen molar-refractivity contribution in [3.63, 3.8) is 0 Å². The summed E-state index contributed by atoms with van der Waals surface area (Å²) in [5.41, 5.74) is 2.72. The van der Waals surface area contributed by atoms with Crippen molar-refractivity contribution in [2.45, 2.75) is 20.0 Å². The van der Waals surface area contributed by atoms with Crippen LogP contribution in [0.3, 0.4) is 0 Å². The molecule has 0 saturated heterocycles. The standard InChI is InChI=1S/C20H21BrN6O2/c1-3-10-27-20(24-25-26-27)22-12-15-11-16(21)6-9-18(15)29-13-19(28)23-17-7-4-14(2)5-8-17/h3-9,11H,1,10,12-13H2,2H3,(H,23,28)(H,22,24,26). The minimum absolute atomic E-state index is 0.100. The fourth-order valence-corrected chi connectivity index (χ4v) is 2.96. The fraction of sp³-hybridized carbons (Fsp3) is 0.200. The Morgan fingerprint density at radius 3 is 2.83 bits per heavy atom. The van der Waals surface area contributed by atoms with E-state index >= 15 is 0 Å². The molecule has 2 N–H and O–H groups in total. The van der Waals surface area contributed by atoms with E-state index in [1.807, 2.05) is 49.4 Å². The van der Waals surface area contributed by atoms with Crippen molar-refractivity contribution < 1.29 is 9.53 Å². The number of rotatable bonds is 9. The van der Waals surface area contributed by atoms with Crippen molar-refractivity contribution in [1.82, 2.24) is 20.2 Å². The quantitative estimate of drug-likeness (QED) is 0.478. The van der Waals surface area contributed by atoms with Crippen molar-refractivity contribution in [1.29, 1.82) is 0 Å². The number of aryl methyl sites for hydroxylation is 1. The van der Waals surface area contributed by atoms with Gasteiger partial charge in [0, 0.05) is 22.3 Å². The van der Waals surface area contributed by atoms with Crippen LogP contribution in [0.25, 0.3) is 0 Å². The molecule has 0 aliphatic rings. The van der Waals surface area contributed by atoms with Crippen LogP contribution in [0.4, 0.5) is 11.6 Å². The number of aromatic nitrogens is 4. The smallest absolute Gasteiger partial charge is 0.262 e. The zero-order valence-electron chi connectivity index (χ0n) is 15.9. The molecule has 0 radical (unpaired) electrons. The van der Waals surface area contributed by atoms with Gasteiger partial charge < -0.3 is 15.4 Å². The van der Waals surface area contributed by atoms with E-state index in [4.69, 9.17) is 4.74 Å². The Morgan fingerprint density at radius 2 is 2.07 bits per heavy atom. The number of anilines is 2. The first-order chi connectivity index (χ1) is 14.0. The first kappa shape index (κ1) is 20.5. The number of nitrogens with zero attached hydrogens (tertiary/aromatic N) is 4. The molecule has 9 heteroatoms. The molecule has 0 atom stereocenters. The zero-order valence-corrected chi connectivity index (χ0v) is 17.5. The number of carbonyl (C=O) groups excluding carboxylic acids is 1. The monoisotopic (exact) mass is 456 g/mol. The highest BCUT2D eigenvalue weighted by atomic mass is 79.9. The third-order valence-electron chi connectivity index (χ3n) is 3.99. The average Bonchev–Trinajstić information content (AvgIpc) is 3.15. The largest absolute Gasteiger partial charge is 0.483 e. The second-order valence-corrected chi connectivity index (χ2v) is 7.20. The maximum atomic E-state index is 12.2. The number of nitrogens with one attached hydrogen (secondary N) is 2. The van der Waals surface area contributed by atoms with Crippen LogP contribution in [0.2, 0.25) is 0 Å². The third-order valence-corrected chi connectivity index (χ3v) is 4.48. The average molecular weight is 457 g/mol. The molecule has 8 nitrogen and oxygen atoms in total. The normalized spacial score (nSPS) is 10.4. The Kier molecular flexibility index (Phi) is 6.96. The number of carbonyl (C=O) groups is 1. The van der Waals surface area contributed by atoms with E-state index in [-0.39, 0.29) is 12.5 Å². The highest BCUT2D eigenvalue weighted by Crippen LogP contribution is 2.24. The van der Waals surface area contributed by atoms with Crippen molar-refractivity contribution >= 4 is 33.5 Å². The zero-order chi connectivity index (χ0) is 20.6. The maximum absolute atomic E-state index is 12.2. The van der Waals surface area contributed by atoms with Gasteiger partial charge in [0.05, 0.1) is 6.54 Å². The van der Waals surface area contributed by atoms with Gasteiger partial charge in [0.25, 0.3) is 5.91 Å². The van der Waals surface area contributed by atoms with Crippen LogP contribution in [-0.4, -0.2) is 32.7 Å². The second-order valence-electron chi connectivity index (χ2n) is 6.28. The van der Waals surface area contributed by atoms with Crippen LogP contribution in [0.5, 0.6) is 5.75 Å². The van der Waals surface area contributed by atoms with Gasteiger partial charge in [0.15, 0.2) is 6.61 Å². The molecule has 0 spiro atoms. The third kappa shape index (κ3) is 5.89. The van der Waals surface area contributed by atoms with E-state index in [1.54, 1.807) is 10.8 Å². The van der Waals surface area contributed by atoms with Crippen LogP contribution in [0.15, 0.2) is 59.6 Å². The number of hydrogen-bond acceptors (Lipinski definition) is 6. The number of benzene rings is 2. The first-order valence-electron chi connectivity index (χ1n) is 8.94. The molecule has 1 heterocycles. The van der Waals surface area contributed by atoms with Gasteiger partial charge in [0.2, 0.25) is 5.95 Å². The van der Waals surface area contributed by atoms with Gasteiger partial charge in [-0.2, -0.15) is 0 Å². The topological polar surface area (TPSA) is 94.0 Å². The van der Waals surface area contributed by atoms with E-state index < -0.39 is 0 Å². The minimum Gasteiger partial charge on any atom is -0.483 e. The molecule has 0 fully saturated rings. The first-order valence-corrected chi connectivity index (χ1v) is 9.73. The van der Waals surface area contributed by atoms with Gasteiger partial charge in [-0.25, -0.2) is 4.68 Å². The molecular formula is C20H21BrN6O2. The summed E-state index contributed by atoms with van der Waals surface area (Å²) in [5, 5.41) is 17.5. The van der Waals surface area contributed by atoms with Crippen LogP contribution in [0, 0.1) is 6.92 Å². The lowest BCUT2D eigenvalue weighted by atomic mass is 10.2. The summed E-state index contributed by atoms with van der Waals surface area (Å²) in [6.45, 7) is 6.50. The summed E-state index contributed by atoms with van der Waals surface area (Å²) < 4.78 is 8.25. The van der Waals surface area contributed by atoms with Gasteiger partial charge >= 0.3 is 0 Å². The van der Waals surface area contributed by atoms with Gasteiger partial charge in [0.1, 0.15) is 5.75 Å². The molecule has 0 bridgehead atoms. The van der Waals surface area contributed by atoms with E-state index in [2.05, 4.69) is 48.7 Å². The Hall–Kier alpha value is -3.20. The summed E-state index contributed by atoms with van der Waals surface area (Å²) in [6, 6.07) is 13.2. The Morgan fingerprint density at radius 1 is 1.28 bits per heavy atom. The molecule has 150 valence electrons. The predicted octanol–water partition coefficient (Wildman–Crippen LogP) is 3.56. The maximum Gasteiger partial charge on any atom is 0.262 e. The summed E-state index contributed by atoms with van der Waals surface area (Å²) in [4.78, 5) is 12.2. The van der Waals surface area contributed by atoms with Gasteiger partial charge in [-0.05, 0) is 47.7 Å². The number of tetrazole rings is 1. The van der Waals surface area contributed by atoms with E-state index in [1.165, 1.54) is 0 Å². The summed E-state index contributed by atoms with van der Waals surface area (Å²) >= 11 is 3.46. The fourth-order valence-electron chi connectivity index (χ4n) is 2.56. The molecular weight excluding hydrogens is 436 g/mol. The molecule has 2 aromatic carbocycles. The van der Waals surface area contributed by atoms with E-state index in [0.717, 1.165) is 21.3 Å². The molecule has 0 unspecified atom stereocenters.